The number of phenols is 5. The van der Waals surface area contributed by atoms with Crippen LogP contribution >= 0.6 is 0 Å². The van der Waals surface area contributed by atoms with E-state index in [1.54, 1.807) is 30.4 Å². The lowest BCUT2D eigenvalue weighted by Crippen LogP contribution is -2.69. The highest BCUT2D eigenvalue weighted by molar-refractivity contribution is 6.45. The molecule has 7 N–H and O–H groups in total. The number of nitrogens with one attached hydrogen (secondary N) is 1. The minimum atomic E-state index is -0.488. The maximum Gasteiger partial charge on any atom is 0.169 e. The van der Waals surface area contributed by atoms with Gasteiger partial charge in [-0.25, -0.2) is 0 Å². The van der Waals surface area contributed by atoms with Crippen LogP contribution in [0, 0.1) is 34.0 Å². The number of hydrogen-bond donors (Lipinski definition) is 7. The normalized spacial score (nSPS) is 30.7. The molecule has 0 unspecified atom stereocenters. The average molecular weight is 794 g/mol. The van der Waals surface area contributed by atoms with E-state index in [1.807, 2.05) is 0 Å². The van der Waals surface area contributed by atoms with Crippen LogP contribution in [0.3, 0.4) is 0 Å². The number of aliphatic hydroxyl groups excluding tert-OH is 1. The van der Waals surface area contributed by atoms with Crippen LogP contribution in [0.4, 0.5) is 0 Å². The third-order valence-corrected chi connectivity index (χ3v) is 16.0. The summed E-state index contributed by atoms with van der Waals surface area (Å²) < 4.78 is 0. The summed E-state index contributed by atoms with van der Waals surface area (Å²) in [7, 11) is 0. The van der Waals surface area contributed by atoms with E-state index in [0.29, 0.717) is 60.0 Å². The monoisotopic (exact) mass is 793 g/mol. The van der Waals surface area contributed by atoms with Crippen molar-refractivity contribution < 1.29 is 30.6 Å². The number of hydrogen-bond acceptors (Lipinski definition) is 9. The molecule has 0 amide bonds. The molecular formula is C50H55N3O6. The van der Waals surface area contributed by atoms with E-state index < -0.39 is 6.10 Å². The van der Waals surface area contributed by atoms with Crippen LogP contribution in [0.5, 0.6) is 28.7 Å². The molecule has 9 heteroatoms. The van der Waals surface area contributed by atoms with Gasteiger partial charge < -0.3 is 36.0 Å². The first-order valence-electron chi connectivity index (χ1n) is 21.8. The lowest BCUT2D eigenvalue weighted by Gasteiger charge is -2.66. The Morgan fingerprint density at radius 1 is 0.746 bits per heavy atom. The molecule has 6 aliphatic rings. The smallest absolute Gasteiger partial charge is 0.169 e. The van der Waals surface area contributed by atoms with Gasteiger partial charge in [-0.2, -0.15) is 0 Å². The van der Waals surface area contributed by atoms with Crippen molar-refractivity contribution in [2.24, 2.45) is 44.0 Å². The number of aryl methyl sites for hydroxylation is 1. The van der Waals surface area contributed by atoms with Gasteiger partial charge in [-0.1, -0.05) is 79.6 Å². The van der Waals surface area contributed by atoms with Crippen molar-refractivity contribution >= 4 is 34.3 Å². The highest BCUT2D eigenvalue weighted by Crippen LogP contribution is 2.75. The van der Waals surface area contributed by atoms with Gasteiger partial charge in [0.25, 0.3) is 0 Å². The SMILES string of the molecule is Oc1ccc(C=Cc2c(CCc3ccc(CNC[C@@]45C6=NCN=C6CC[C@@H]6CCC[C@@]64CC[C@@]46CCC[C@@H]4C=C[C@H](O)[C@@H]65)cc3)c(O)c(O)c3c(O)cccc23)cc1O. The van der Waals surface area contributed by atoms with Crippen LogP contribution in [0.2, 0.25) is 0 Å². The zero-order valence-corrected chi connectivity index (χ0v) is 33.6. The number of aromatic hydroxyl groups is 5. The van der Waals surface area contributed by atoms with Crippen molar-refractivity contribution in [3.05, 3.63) is 101 Å². The Labute approximate surface area is 345 Å². The first-order valence-corrected chi connectivity index (χ1v) is 21.8. The molecule has 1 heterocycles. The summed E-state index contributed by atoms with van der Waals surface area (Å²) in [5.41, 5.74) is 6.46. The van der Waals surface area contributed by atoms with Crippen molar-refractivity contribution in [1.29, 1.82) is 0 Å². The molecule has 4 aromatic rings. The fraction of sp³-hybridized carbons (Fsp3) is 0.440. The summed E-state index contributed by atoms with van der Waals surface area (Å²) >= 11 is 0. The molecule has 4 saturated carbocycles. The van der Waals surface area contributed by atoms with Crippen LogP contribution < -0.4 is 5.32 Å². The van der Waals surface area contributed by atoms with Crippen LogP contribution in [-0.2, 0) is 19.4 Å². The van der Waals surface area contributed by atoms with E-state index in [1.165, 1.54) is 93.0 Å². The molecule has 7 atom stereocenters. The van der Waals surface area contributed by atoms with Gasteiger partial charge >= 0.3 is 0 Å². The van der Waals surface area contributed by atoms with Crippen LogP contribution in [0.15, 0.2) is 82.8 Å². The van der Waals surface area contributed by atoms with Crippen molar-refractivity contribution in [3.63, 3.8) is 0 Å². The second kappa shape index (κ2) is 14.6. The topological polar surface area (TPSA) is 158 Å². The molecule has 4 fully saturated rings. The molecule has 0 radical (unpaired) electrons. The molecule has 2 spiro atoms. The second-order valence-electron chi connectivity index (χ2n) is 18.4. The highest BCUT2D eigenvalue weighted by atomic mass is 16.3. The van der Waals surface area contributed by atoms with Gasteiger partial charge in [-0.3, -0.25) is 9.98 Å². The number of aliphatic imine (C=N–C) groups is 2. The fourth-order valence-electron chi connectivity index (χ4n) is 13.6. The molecule has 59 heavy (non-hydrogen) atoms. The van der Waals surface area contributed by atoms with Gasteiger partial charge in [-0.15, -0.1) is 0 Å². The Morgan fingerprint density at radius 3 is 2.42 bits per heavy atom. The maximum absolute atomic E-state index is 12.2. The lowest BCUT2D eigenvalue weighted by molar-refractivity contribution is -0.156. The highest BCUT2D eigenvalue weighted by Gasteiger charge is 2.73. The molecule has 0 aromatic heterocycles. The summed E-state index contributed by atoms with van der Waals surface area (Å²) in [5, 5.41) is 69.9. The molecule has 4 aromatic carbocycles. The predicted octanol–water partition coefficient (Wildman–Crippen LogP) is 8.96. The molecule has 10 rings (SSSR count). The van der Waals surface area contributed by atoms with Crippen molar-refractivity contribution in [2.45, 2.75) is 89.7 Å². The summed E-state index contributed by atoms with van der Waals surface area (Å²) in [4.78, 5) is 10.3. The van der Waals surface area contributed by atoms with Crippen molar-refractivity contribution in [1.82, 2.24) is 5.32 Å². The summed E-state index contributed by atoms with van der Waals surface area (Å²) in [6.07, 6.45) is 20.6. The molecule has 0 saturated heterocycles. The summed E-state index contributed by atoms with van der Waals surface area (Å²) in [6.45, 7) is 2.00. The summed E-state index contributed by atoms with van der Waals surface area (Å²) in [6, 6.07) is 18.1. The van der Waals surface area contributed by atoms with E-state index in [2.05, 4.69) is 41.7 Å². The van der Waals surface area contributed by atoms with Gasteiger partial charge in [-0.05, 0) is 133 Å². The number of benzene rings is 4. The Kier molecular flexibility index (Phi) is 9.40. The van der Waals surface area contributed by atoms with E-state index in [4.69, 9.17) is 9.98 Å². The predicted molar refractivity (Wildman–Crippen MR) is 232 cm³/mol. The van der Waals surface area contributed by atoms with Crippen LogP contribution in [-0.4, -0.2) is 61.4 Å². The molecular weight excluding hydrogens is 739 g/mol. The molecule has 0 bridgehead atoms. The molecule has 306 valence electrons. The number of aliphatic hydroxyl groups is 1. The largest absolute Gasteiger partial charge is 0.507 e. The van der Waals surface area contributed by atoms with Gasteiger partial charge in [0.2, 0.25) is 0 Å². The third-order valence-electron chi connectivity index (χ3n) is 16.0. The zero-order valence-electron chi connectivity index (χ0n) is 33.6. The molecule has 1 aliphatic heterocycles. The number of phenolic OH excluding ortho intramolecular Hbond substituents is 5. The van der Waals surface area contributed by atoms with Crippen molar-refractivity contribution in [3.8, 4) is 28.7 Å². The van der Waals surface area contributed by atoms with Crippen molar-refractivity contribution in [2.75, 3.05) is 13.2 Å². The maximum atomic E-state index is 12.2. The van der Waals surface area contributed by atoms with E-state index >= 15 is 0 Å². The quantitative estimate of drug-likeness (QED) is 0.0507. The van der Waals surface area contributed by atoms with Gasteiger partial charge in [0.1, 0.15) is 12.4 Å². The van der Waals surface area contributed by atoms with E-state index in [-0.39, 0.29) is 56.3 Å². The Hall–Kier alpha value is -5.12. The minimum Gasteiger partial charge on any atom is -0.507 e. The Balaban J connectivity index is 0.917. The molecule has 9 nitrogen and oxygen atoms in total. The number of nitrogens with zero attached hydrogens (tertiary/aromatic N) is 2. The summed E-state index contributed by atoms with van der Waals surface area (Å²) in [5.74, 6) is 0.0414. The standard InChI is InChI=1S/C50H55N3O6/c54-39-20-14-31(26-42(39)57)13-17-35-36-6-1-7-40(55)43(36)45(59)44(58)37(35)18-12-30-8-10-32(11-9-30)27-51-28-50-46-41(56)21-16-33-4-2-22-48(33,46)24-25-49(50)23-3-5-34(49)15-19-38-47(50)53-29-52-38/h1,6-11,13-14,16-17,20-21,26,33-34,41,46,51,54-59H,2-5,12,15,18-19,22-25,27-29H2/t33-,34+,41+,46+,48+,49-,50-/m1/s1. The average Bonchev–Trinajstić information content (AvgIpc) is 3.98. The lowest BCUT2D eigenvalue weighted by atomic mass is 9.37. The fourth-order valence-corrected chi connectivity index (χ4v) is 13.6. The Morgan fingerprint density at radius 2 is 1.58 bits per heavy atom. The second-order valence-corrected chi connectivity index (χ2v) is 18.4. The zero-order chi connectivity index (χ0) is 40.5. The first kappa shape index (κ1) is 38.1. The molecule has 5 aliphatic carbocycles. The van der Waals surface area contributed by atoms with Crippen LogP contribution in [0.1, 0.15) is 92.0 Å². The Bertz CT molecular complexity index is 2440. The number of fused-ring (bicyclic) bond motifs is 4. The third kappa shape index (κ3) is 5.86. The first-order chi connectivity index (χ1) is 28.6. The van der Waals surface area contributed by atoms with Gasteiger partial charge in [0, 0.05) is 30.0 Å². The van der Waals surface area contributed by atoms with Crippen LogP contribution in [0.25, 0.3) is 22.9 Å². The number of allylic oxidation sites excluding steroid dienone is 1. The van der Waals surface area contributed by atoms with Gasteiger partial charge in [0.15, 0.2) is 23.0 Å². The van der Waals surface area contributed by atoms with E-state index in [0.717, 1.165) is 18.5 Å². The minimum absolute atomic E-state index is 0.108. The number of rotatable bonds is 9. The van der Waals surface area contributed by atoms with Gasteiger partial charge in [0.05, 0.1) is 22.9 Å². The van der Waals surface area contributed by atoms with E-state index in [9.17, 15) is 30.6 Å².